The minimum Gasteiger partial charge on any atom is -0.368 e. The highest BCUT2D eigenvalue weighted by molar-refractivity contribution is 5.83. The fourth-order valence-corrected chi connectivity index (χ4v) is 1.82. The maximum Gasteiger partial charge on any atom is 0.224 e. The molecule has 0 unspecified atom stereocenters. The third-order valence-electron chi connectivity index (χ3n) is 3.25. The van der Waals surface area contributed by atoms with E-state index >= 15 is 0 Å². The highest BCUT2D eigenvalue weighted by atomic mass is 16.5. The maximum absolute atomic E-state index is 9.86. The van der Waals surface area contributed by atoms with Crippen molar-refractivity contribution in [2.75, 3.05) is 11.1 Å². The number of aliphatic hydroxyl groups is 2. The van der Waals surface area contributed by atoms with Gasteiger partial charge in [-0.2, -0.15) is 9.97 Å². The lowest BCUT2D eigenvalue weighted by atomic mass is 10.1. The van der Waals surface area contributed by atoms with Gasteiger partial charge in [0.25, 0.3) is 0 Å². The summed E-state index contributed by atoms with van der Waals surface area (Å²) in [5, 5.41) is 22.9. The van der Waals surface area contributed by atoms with E-state index in [0.29, 0.717) is 23.0 Å². The number of fused-ring (bicyclic) bond motifs is 1. The van der Waals surface area contributed by atoms with Crippen LogP contribution in [-0.4, -0.2) is 36.2 Å². The number of nitrogens with one attached hydrogen (secondary N) is 1. The Labute approximate surface area is 115 Å². The molecule has 1 aliphatic rings. The molecule has 0 amide bonds. The van der Waals surface area contributed by atoms with Crippen LogP contribution in [-0.2, 0) is 5.79 Å². The Morgan fingerprint density at radius 1 is 1.35 bits per heavy atom. The molecule has 3 rings (SSSR count). The molecule has 0 atom stereocenters. The lowest BCUT2D eigenvalue weighted by Crippen LogP contribution is -2.25. The van der Waals surface area contributed by atoms with Gasteiger partial charge in [0.2, 0.25) is 11.7 Å². The van der Waals surface area contributed by atoms with Crippen LogP contribution in [0.25, 0.3) is 11.2 Å². The highest BCUT2D eigenvalue weighted by Gasteiger charge is 2.28. The second-order valence-electron chi connectivity index (χ2n) is 4.95. The first-order chi connectivity index (χ1) is 9.49. The zero-order valence-electron chi connectivity index (χ0n) is 11.0. The highest BCUT2D eigenvalue weighted by Crippen LogP contribution is 2.28. The second kappa shape index (κ2) is 4.50. The second-order valence-corrected chi connectivity index (χ2v) is 4.95. The zero-order valence-corrected chi connectivity index (χ0v) is 11.0. The Morgan fingerprint density at radius 3 is 2.75 bits per heavy atom. The van der Waals surface area contributed by atoms with Gasteiger partial charge in [0.15, 0.2) is 17.0 Å². The van der Waals surface area contributed by atoms with Crippen molar-refractivity contribution in [1.29, 1.82) is 0 Å². The van der Waals surface area contributed by atoms with Gasteiger partial charge in [-0.05, 0) is 12.8 Å². The maximum atomic E-state index is 9.86. The quantitative estimate of drug-likeness (QED) is 0.579. The molecule has 1 fully saturated rings. The molecule has 20 heavy (non-hydrogen) atoms. The minimum atomic E-state index is -2.01. The Morgan fingerprint density at radius 2 is 2.10 bits per heavy atom. The molecule has 2 aromatic heterocycles. The molecule has 2 heterocycles. The first kappa shape index (κ1) is 12.9. The van der Waals surface area contributed by atoms with Gasteiger partial charge in [0.05, 0.1) is 6.20 Å². The average molecular weight is 276 g/mol. The van der Waals surface area contributed by atoms with Crippen LogP contribution in [0.4, 0.5) is 11.8 Å². The zero-order chi connectivity index (χ0) is 14.3. The third-order valence-corrected chi connectivity index (χ3v) is 3.25. The van der Waals surface area contributed by atoms with Gasteiger partial charge < -0.3 is 21.3 Å². The molecule has 1 saturated carbocycles. The molecule has 2 aromatic rings. The molecule has 0 saturated heterocycles. The van der Waals surface area contributed by atoms with E-state index in [1.807, 2.05) is 0 Å². The van der Waals surface area contributed by atoms with Crippen molar-refractivity contribution in [3.8, 4) is 0 Å². The number of rotatable bonds is 4. The summed E-state index contributed by atoms with van der Waals surface area (Å²) >= 11 is 0. The standard InChI is InChI=1S/C12H16N6O2/c1-2-12(19,20)7-5-14-9-8(16-7)10(15-6-3-4-6)18-11(13)17-9/h5-6,19-20H,2-4H2,1H3,(H3,13,14,15,17,18). The molecule has 0 aliphatic heterocycles. The normalized spacial score (nSPS) is 15.6. The van der Waals surface area contributed by atoms with Gasteiger partial charge in [-0.1, -0.05) is 6.92 Å². The van der Waals surface area contributed by atoms with Gasteiger partial charge in [0, 0.05) is 12.5 Å². The molecule has 8 nitrogen and oxygen atoms in total. The summed E-state index contributed by atoms with van der Waals surface area (Å²) < 4.78 is 0. The van der Waals surface area contributed by atoms with Crippen molar-refractivity contribution in [2.24, 2.45) is 0 Å². The molecule has 1 aliphatic carbocycles. The van der Waals surface area contributed by atoms with Gasteiger partial charge >= 0.3 is 0 Å². The Balaban J connectivity index is 2.13. The molecule has 5 N–H and O–H groups in total. The van der Waals surface area contributed by atoms with E-state index in [0.717, 1.165) is 12.8 Å². The first-order valence-electron chi connectivity index (χ1n) is 6.51. The Hall–Kier alpha value is -2.06. The number of hydrogen-bond acceptors (Lipinski definition) is 8. The van der Waals surface area contributed by atoms with E-state index in [9.17, 15) is 10.2 Å². The molecule has 8 heteroatoms. The molecule has 106 valence electrons. The number of nitrogen functional groups attached to an aromatic ring is 1. The molecular formula is C12H16N6O2. The fraction of sp³-hybridized carbons (Fsp3) is 0.500. The fourth-order valence-electron chi connectivity index (χ4n) is 1.82. The van der Waals surface area contributed by atoms with Crippen LogP contribution >= 0.6 is 0 Å². The van der Waals surface area contributed by atoms with Gasteiger partial charge in [-0.3, -0.25) is 0 Å². The van der Waals surface area contributed by atoms with E-state index in [-0.39, 0.29) is 18.1 Å². The van der Waals surface area contributed by atoms with Crippen LogP contribution in [0.15, 0.2) is 6.20 Å². The van der Waals surface area contributed by atoms with Crippen molar-refractivity contribution >= 4 is 22.9 Å². The predicted molar refractivity (Wildman–Crippen MR) is 72.6 cm³/mol. The number of nitrogens with zero attached hydrogens (tertiary/aromatic N) is 4. The van der Waals surface area contributed by atoms with Crippen molar-refractivity contribution in [2.45, 2.75) is 38.0 Å². The minimum absolute atomic E-state index is 0.0692. The Kier molecular flexibility index (Phi) is 2.91. The van der Waals surface area contributed by atoms with Gasteiger partial charge in [0.1, 0.15) is 5.69 Å². The number of hydrogen-bond donors (Lipinski definition) is 4. The number of anilines is 2. The number of nitrogens with two attached hydrogens (primary N) is 1. The molecule has 0 aromatic carbocycles. The molecular weight excluding hydrogens is 260 g/mol. The van der Waals surface area contributed by atoms with E-state index in [1.54, 1.807) is 6.92 Å². The molecule has 0 bridgehead atoms. The molecule has 0 spiro atoms. The third kappa shape index (κ3) is 2.35. The van der Waals surface area contributed by atoms with Crippen LogP contribution in [0.1, 0.15) is 31.9 Å². The topological polar surface area (TPSA) is 130 Å². The SMILES string of the molecule is CCC(O)(O)c1cnc2nc(N)nc(NC3CC3)c2n1. The summed E-state index contributed by atoms with van der Waals surface area (Å²) in [6.07, 6.45) is 3.53. The first-order valence-corrected chi connectivity index (χ1v) is 6.51. The molecule has 0 radical (unpaired) electrons. The van der Waals surface area contributed by atoms with Crippen molar-refractivity contribution in [3.63, 3.8) is 0 Å². The van der Waals surface area contributed by atoms with Crippen LogP contribution in [0.3, 0.4) is 0 Å². The lowest BCUT2D eigenvalue weighted by Gasteiger charge is -2.19. The van der Waals surface area contributed by atoms with E-state index < -0.39 is 5.79 Å². The van der Waals surface area contributed by atoms with Crippen molar-refractivity contribution in [3.05, 3.63) is 11.9 Å². The average Bonchev–Trinajstić information content (AvgIpc) is 3.22. The summed E-state index contributed by atoms with van der Waals surface area (Å²) in [5.41, 5.74) is 6.43. The van der Waals surface area contributed by atoms with Crippen LogP contribution in [0, 0.1) is 0 Å². The van der Waals surface area contributed by atoms with Crippen molar-refractivity contribution in [1.82, 2.24) is 19.9 Å². The summed E-state index contributed by atoms with van der Waals surface area (Å²) in [6.45, 7) is 1.65. The summed E-state index contributed by atoms with van der Waals surface area (Å²) in [6, 6.07) is 0.358. The van der Waals surface area contributed by atoms with E-state index in [2.05, 4.69) is 25.3 Å². The Bertz CT molecular complexity index is 656. The van der Waals surface area contributed by atoms with E-state index in [4.69, 9.17) is 5.73 Å². The van der Waals surface area contributed by atoms with E-state index in [1.165, 1.54) is 6.20 Å². The summed E-state index contributed by atoms with van der Waals surface area (Å²) in [7, 11) is 0. The van der Waals surface area contributed by atoms with Crippen LogP contribution < -0.4 is 11.1 Å². The number of aromatic nitrogens is 4. The monoisotopic (exact) mass is 276 g/mol. The predicted octanol–water partition coefficient (Wildman–Crippen LogP) is 0.124. The summed E-state index contributed by atoms with van der Waals surface area (Å²) in [5.74, 6) is -1.42. The van der Waals surface area contributed by atoms with Crippen LogP contribution in [0.5, 0.6) is 0 Å². The van der Waals surface area contributed by atoms with Gasteiger partial charge in [-0.25, -0.2) is 9.97 Å². The van der Waals surface area contributed by atoms with Crippen LogP contribution in [0.2, 0.25) is 0 Å². The largest absolute Gasteiger partial charge is 0.368 e. The lowest BCUT2D eigenvalue weighted by molar-refractivity contribution is -0.174. The summed E-state index contributed by atoms with van der Waals surface area (Å²) in [4.78, 5) is 16.4. The van der Waals surface area contributed by atoms with Gasteiger partial charge in [-0.15, -0.1) is 0 Å². The smallest absolute Gasteiger partial charge is 0.224 e. The van der Waals surface area contributed by atoms with Crippen molar-refractivity contribution < 1.29 is 10.2 Å².